The van der Waals surface area contributed by atoms with E-state index in [4.69, 9.17) is 14.5 Å². The SMILES string of the molecule is COc1ccc(Nc2ncc3c(n2)CCN(Cc2ccccc2)C3)c(OC)c1. The first kappa shape index (κ1) is 18.3. The topological polar surface area (TPSA) is 59.5 Å². The predicted molar refractivity (Wildman–Crippen MR) is 109 cm³/mol. The van der Waals surface area contributed by atoms with E-state index in [0.29, 0.717) is 11.7 Å². The van der Waals surface area contributed by atoms with Crippen molar-refractivity contribution in [1.82, 2.24) is 14.9 Å². The Morgan fingerprint density at radius 2 is 1.93 bits per heavy atom. The summed E-state index contributed by atoms with van der Waals surface area (Å²) in [6, 6.07) is 16.2. The van der Waals surface area contributed by atoms with Crippen molar-refractivity contribution in [1.29, 1.82) is 0 Å². The molecule has 1 aliphatic heterocycles. The molecule has 0 aliphatic carbocycles. The highest BCUT2D eigenvalue weighted by Gasteiger charge is 2.19. The van der Waals surface area contributed by atoms with Crippen molar-refractivity contribution < 1.29 is 9.47 Å². The lowest BCUT2D eigenvalue weighted by Gasteiger charge is -2.28. The third-order valence-electron chi connectivity index (χ3n) is 4.92. The van der Waals surface area contributed by atoms with Crippen molar-refractivity contribution in [2.24, 2.45) is 0 Å². The molecular formula is C22H24N4O2. The number of aromatic nitrogens is 2. The van der Waals surface area contributed by atoms with Gasteiger partial charge in [0.15, 0.2) is 0 Å². The molecule has 0 bridgehead atoms. The van der Waals surface area contributed by atoms with E-state index in [1.54, 1.807) is 14.2 Å². The Hall–Kier alpha value is -3.12. The zero-order valence-corrected chi connectivity index (χ0v) is 16.2. The fraction of sp³-hybridized carbons (Fsp3) is 0.273. The Balaban J connectivity index is 1.47. The van der Waals surface area contributed by atoms with E-state index in [2.05, 4.69) is 45.5 Å². The number of ether oxygens (including phenoxy) is 2. The molecular weight excluding hydrogens is 352 g/mol. The van der Waals surface area contributed by atoms with Crippen LogP contribution in [0.25, 0.3) is 0 Å². The van der Waals surface area contributed by atoms with Crippen LogP contribution < -0.4 is 14.8 Å². The van der Waals surface area contributed by atoms with Gasteiger partial charge in [0.2, 0.25) is 5.95 Å². The minimum atomic E-state index is 0.582. The fourth-order valence-electron chi connectivity index (χ4n) is 3.43. The standard InChI is InChI=1S/C22H24N4O2/c1-27-18-8-9-20(21(12-18)28-2)25-22-23-13-17-15-26(11-10-19(17)24-22)14-16-6-4-3-5-7-16/h3-9,12-13H,10-11,14-15H2,1-2H3,(H,23,24,25). The summed E-state index contributed by atoms with van der Waals surface area (Å²) in [7, 11) is 3.27. The predicted octanol–water partition coefficient (Wildman–Crippen LogP) is 3.80. The highest BCUT2D eigenvalue weighted by Crippen LogP contribution is 2.31. The van der Waals surface area contributed by atoms with Gasteiger partial charge in [-0.25, -0.2) is 9.97 Å². The normalized spacial score (nSPS) is 13.6. The molecule has 0 amide bonds. The van der Waals surface area contributed by atoms with Crippen molar-refractivity contribution in [3.8, 4) is 11.5 Å². The molecule has 28 heavy (non-hydrogen) atoms. The van der Waals surface area contributed by atoms with Gasteiger partial charge in [0.1, 0.15) is 11.5 Å². The van der Waals surface area contributed by atoms with Gasteiger partial charge >= 0.3 is 0 Å². The van der Waals surface area contributed by atoms with Crippen LogP contribution in [0.15, 0.2) is 54.7 Å². The minimum absolute atomic E-state index is 0.582. The molecule has 144 valence electrons. The Bertz CT molecular complexity index is 947. The molecule has 6 heteroatoms. The lowest BCUT2D eigenvalue weighted by Crippen LogP contribution is -2.31. The van der Waals surface area contributed by atoms with Gasteiger partial charge in [-0.1, -0.05) is 30.3 Å². The zero-order valence-electron chi connectivity index (χ0n) is 16.2. The number of hydrogen-bond donors (Lipinski definition) is 1. The largest absolute Gasteiger partial charge is 0.497 e. The highest BCUT2D eigenvalue weighted by atomic mass is 16.5. The molecule has 0 fully saturated rings. The zero-order chi connectivity index (χ0) is 19.3. The smallest absolute Gasteiger partial charge is 0.227 e. The minimum Gasteiger partial charge on any atom is -0.497 e. The molecule has 0 unspecified atom stereocenters. The number of rotatable bonds is 6. The summed E-state index contributed by atoms with van der Waals surface area (Å²) in [6.45, 7) is 2.81. The van der Waals surface area contributed by atoms with E-state index in [1.165, 1.54) is 11.1 Å². The van der Waals surface area contributed by atoms with Crippen LogP contribution in [0.1, 0.15) is 16.8 Å². The number of hydrogen-bond acceptors (Lipinski definition) is 6. The molecule has 4 rings (SSSR count). The van der Waals surface area contributed by atoms with E-state index >= 15 is 0 Å². The molecule has 0 saturated heterocycles. The van der Waals surface area contributed by atoms with Gasteiger partial charge in [-0.2, -0.15) is 0 Å². The number of nitrogens with zero attached hydrogens (tertiary/aromatic N) is 3. The van der Waals surface area contributed by atoms with E-state index in [9.17, 15) is 0 Å². The van der Waals surface area contributed by atoms with Crippen LogP contribution in [0.3, 0.4) is 0 Å². The Morgan fingerprint density at radius 3 is 2.71 bits per heavy atom. The van der Waals surface area contributed by atoms with Crippen molar-refractivity contribution in [3.05, 3.63) is 71.5 Å². The maximum atomic E-state index is 5.44. The molecule has 1 aliphatic rings. The first-order valence-corrected chi connectivity index (χ1v) is 9.35. The van der Waals surface area contributed by atoms with Crippen LogP contribution in [-0.4, -0.2) is 35.6 Å². The van der Waals surface area contributed by atoms with Gasteiger partial charge in [0.25, 0.3) is 0 Å². The van der Waals surface area contributed by atoms with Gasteiger partial charge in [0, 0.05) is 43.9 Å². The summed E-state index contributed by atoms with van der Waals surface area (Å²) in [5, 5.41) is 3.26. The number of nitrogens with one attached hydrogen (secondary N) is 1. The van der Waals surface area contributed by atoms with E-state index < -0.39 is 0 Å². The van der Waals surface area contributed by atoms with E-state index in [-0.39, 0.29) is 0 Å². The highest BCUT2D eigenvalue weighted by molar-refractivity contribution is 5.64. The molecule has 2 heterocycles. The maximum Gasteiger partial charge on any atom is 0.227 e. The number of fused-ring (bicyclic) bond motifs is 1. The summed E-state index contributed by atoms with van der Waals surface area (Å²) in [6.07, 6.45) is 2.84. The second-order valence-corrected chi connectivity index (χ2v) is 6.80. The summed E-state index contributed by atoms with van der Waals surface area (Å²) < 4.78 is 10.7. The lowest BCUT2D eigenvalue weighted by molar-refractivity contribution is 0.243. The molecule has 0 radical (unpaired) electrons. The Morgan fingerprint density at radius 1 is 1.07 bits per heavy atom. The van der Waals surface area contributed by atoms with Gasteiger partial charge in [-0.05, 0) is 17.7 Å². The third kappa shape index (κ3) is 4.07. The summed E-state index contributed by atoms with van der Waals surface area (Å²) in [5.41, 5.74) is 4.44. The van der Waals surface area contributed by atoms with Crippen LogP contribution in [0.4, 0.5) is 11.6 Å². The van der Waals surface area contributed by atoms with Gasteiger partial charge in [0.05, 0.1) is 25.6 Å². The fourth-order valence-corrected chi connectivity index (χ4v) is 3.43. The van der Waals surface area contributed by atoms with Crippen molar-refractivity contribution >= 4 is 11.6 Å². The number of methoxy groups -OCH3 is 2. The maximum absolute atomic E-state index is 5.44. The molecule has 2 aromatic carbocycles. The van der Waals surface area contributed by atoms with E-state index in [1.807, 2.05) is 24.4 Å². The first-order valence-electron chi connectivity index (χ1n) is 9.35. The van der Waals surface area contributed by atoms with Gasteiger partial charge < -0.3 is 14.8 Å². The summed E-state index contributed by atoms with van der Waals surface area (Å²) in [5.74, 6) is 2.01. The molecule has 3 aromatic rings. The second-order valence-electron chi connectivity index (χ2n) is 6.80. The molecule has 6 nitrogen and oxygen atoms in total. The van der Waals surface area contributed by atoms with Crippen LogP contribution in [0, 0.1) is 0 Å². The quantitative estimate of drug-likeness (QED) is 0.706. The van der Waals surface area contributed by atoms with Crippen LogP contribution in [0.2, 0.25) is 0 Å². The van der Waals surface area contributed by atoms with E-state index in [0.717, 1.165) is 43.2 Å². The van der Waals surface area contributed by atoms with Crippen molar-refractivity contribution in [2.75, 3.05) is 26.1 Å². The average Bonchev–Trinajstić information content (AvgIpc) is 2.75. The summed E-state index contributed by atoms with van der Waals surface area (Å²) >= 11 is 0. The number of benzene rings is 2. The molecule has 1 aromatic heterocycles. The van der Waals surface area contributed by atoms with Crippen LogP contribution in [0.5, 0.6) is 11.5 Å². The van der Waals surface area contributed by atoms with Crippen LogP contribution >= 0.6 is 0 Å². The average molecular weight is 376 g/mol. The first-order chi connectivity index (χ1) is 13.7. The Kier molecular flexibility index (Phi) is 5.39. The number of anilines is 2. The molecule has 0 atom stereocenters. The molecule has 1 N–H and O–H groups in total. The van der Waals surface area contributed by atoms with Crippen molar-refractivity contribution in [3.63, 3.8) is 0 Å². The monoisotopic (exact) mass is 376 g/mol. The molecule has 0 spiro atoms. The Labute approximate surface area is 165 Å². The third-order valence-corrected chi connectivity index (χ3v) is 4.92. The molecule has 0 saturated carbocycles. The summed E-state index contributed by atoms with van der Waals surface area (Å²) in [4.78, 5) is 11.7. The lowest BCUT2D eigenvalue weighted by atomic mass is 10.1. The second kappa shape index (κ2) is 8.27. The van der Waals surface area contributed by atoms with Crippen LogP contribution in [-0.2, 0) is 19.5 Å². The van der Waals surface area contributed by atoms with Gasteiger partial charge in [-0.3, -0.25) is 4.90 Å². The van der Waals surface area contributed by atoms with Crippen molar-refractivity contribution in [2.45, 2.75) is 19.5 Å². The van der Waals surface area contributed by atoms with Gasteiger partial charge in [-0.15, -0.1) is 0 Å².